The first-order chi connectivity index (χ1) is 7.79. The second-order valence-corrected chi connectivity index (χ2v) is 3.46. The van der Waals surface area contributed by atoms with Crippen molar-refractivity contribution in [2.24, 2.45) is 7.05 Å². The van der Waals surface area contributed by atoms with Crippen LogP contribution in [0.4, 0.5) is 0 Å². The standard InChI is InChI=1S/C12H12N2O2.H3P/c1-14-7-11(8-15)12(13-14)16-9-10-5-3-2-4-6-10;/h2-8H,9H2,1H3;1H3. The first-order valence-electron chi connectivity index (χ1n) is 4.95. The molecular formula is C12H15N2O2P. The van der Waals surface area contributed by atoms with E-state index in [0.29, 0.717) is 18.1 Å². The van der Waals surface area contributed by atoms with Crippen LogP contribution >= 0.6 is 9.90 Å². The maximum atomic E-state index is 10.7. The highest BCUT2D eigenvalue weighted by Crippen LogP contribution is 2.14. The van der Waals surface area contributed by atoms with Gasteiger partial charge in [0, 0.05) is 13.2 Å². The highest BCUT2D eigenvalue weighted by Gasteiger charge is 2.07. The lowest BCUT2D eigenvalue weighted by Gasteiger charge is -2.02. The van der Waals surface area contributed by atoms with E-state index < -0.39 is 0 Å². The second-order valence-electron chi connectivity index (χ2n) is 3.46. The Morgan fingerprint density at radius 2 is 2.06 bits per heavy atom. The van der Waals surface area contributed by atoms with Crippen LogP contribution in [0.2, 0.25) is 0 Å². The fraction of sp³-hybridized carbons (Fsp3) is 0.167. The minimum atomic E-state index is 0. The lowest BCUT2D eigenvalue weighted by Crippen LogP contribution is -1.98. The van der Waals surface area contributed by atoms with Crippen molar-refractivity contribution in [3.63, 3.8) is 0 Å². The van der Waals surface area contributed by atoms with Crippen molar-refractivity contribution in [3.05, 3.63) is 47.7 Å². The number of aldehydes is 1. The number of hydrogen-bond acceptors (Lipinski definition) is 3. The molecule has 1 heterocycles. The van der Waals surface area contributed by atoms with E-state index in [1.54, 1.807) is 17.9 Å². The molecule has 1 atom stereocenters. The van der Waals surface area contributed by atoms with Gasteiger partial charge < -0.3 is 4.74 Å². The molecule has 0 aliphatic rings. The van der Waals surface area contributed by atoms with Crippen molar-refractivity contribution < 1.29 is 9.53 Å². The molecule has 0 saturated carbocycles. The van der Waals surface area contributed by atoms with Gasteiger partial charge in [-0.15, -0.1) is 5.10 Å². The van der Waals surface area contributed by atoms with Crippen LogP contribution in [0.5, 0.6) is 5.88 Å². The van der Waals surface area contributed by atoms with E-state index in [-0.39, 0.29) is 9.90 Å². The number of carbonyl (C=O) groups is 1. The molecule has 0 spiro atoms. The van der Waals surface area contributed by atoms with Crippen LogP contribution in [0.3, 0.4) is 0 Å². The molecule has 0 amide bonds. The Bertz CT molecular complexity index is 483. The number of nitrogens with zero attached hydrogens (tertiary/aromatic N) is 2. The molecule has 0 saturated heterocycles. The Hall–Kier alpha value is -1.67. The molecule has 0 bridgehead atoms. The van der Waals surface area contributed by atoms with Crippen molar-refractivity contribution in [2.75, 3.05) is 0 Å². The maximum absolute atomic E-state index is 10.7. The van der Waals surface area contributed by atoms with Gasteiger partial charge in [-0.1, -0.05) is 30.3 Å². The minimum Gasteiger partial charge on any atom is -0.471 e. The highest BCUT2D eigenvalue weighted by molar-refractivity contribution is 6.92. The van der Waals surface area contributed by atoms with Crippen LogP contribution in [0, 0.1) is 0 Å². The molecule has 0 aliphatic carbocycles. The molecule has 2 aromatic rings. The molecule has 1 aromatic heterocycles. The smallest absolute Gasteiger partial charge is 0.243 e. The zero-order valence-electron chi connectivity index (χ0n) is 9.67. The van der Waals surface area contributed by atoms with E-state index in [9.17, 15) is 4.79 Å². The summed E-state index contributed by atoms with van der Waals surface area (Å²) in [5, 5.41) is 4.06. The number of aromatic nitrogens is 2. The van der Waals surface area contributed by atoms with Gasteiger partial charge in [-0.05, 0) is 5.56 Å². The SMILES string of the molecule is Cn1cc(C=O)c(OCc2ccccc2)n1.P. The topological polar surface area (TPSA) is 44.1 Å². The van der Waals surface area contributed by atoms with Crippen molar-refractivity contribution in [3.8, 4) is 5.88 Å². The predicted molar refractivity (Wildman–Crippen MR) is 70.5 cm³/mol. The Labute approximate surface area is 103 Å². The van der Waals surface area contributed by atoms with Gasteiger partial charge in [-0.2, -0.15) is 9.90 Å². The molecule has 2 rings (SSSR count). The van der Waals surface area contributed by atoms with Crippen molar-refractivity contribution in [2.45, 2.75) is 6.61 Å². The fourth-order valence-corrected chi connectivity index (χ4v) is 1.41. The minimum absolute atomic E-state index is 0. The summed E-state index contributed by atoms with van der Waals surface area (Å²) >= 11 is 0. The maximum Gasteiger partial charge on any atom is 0.243 e. The lowest BCUT2D eigenvalue weighted by molar-refractivity contribution is 0.111. The summed E-state index contributed by atoms with van der Waals surface area (Å²) in [4.78, 5) is 10.7. The normalized spacial score (nSPS) is 9.47. The molecule has 17 heavy (non-hydrogen) atoms. The average molecular weight is 250 g/mol. The molecule has 0 fully saturated rings. The number of aryl methyl sites for hydroxylation is 1. The summed E-state index contributed by atoms with van der Waals surface area (Å²) in [7, 11) is 1.75. The van der Waals surface area contributed by atoms with Crippen LogP contribution in [-0.4, -0.2) is 16.1 Å². The molecule has 1 unspecified atom stereocenters. The zero-order chi connectivity index (χ0) is 11.4. The summed E-state index contributed by atoms with van der Waals surface area (Å²) in [6.45, 7) is 0.415. The quantitative estimate of drug-likeness (QED) is 0.614. The summed E-state index contributed by atoms with van der Waals surface area (Å²) in [5.74, 6) is 0.376. The van der Waals surface area contributed by atoms with Gasteiger partial charge in [0.25, 0.3) is 0 Å². The lowest BCUT2D eigenvalue weighted by atomic mass is 10.2. The molecule has 0 radical (unpaired) electrons. The molecule has 0 aliphatic heterocycles. The summed E-state index contributed by atoms with van der Waals surface area (Å²) in [6.07, 6.45) is 2.38. The third kappa shape index (κ3) is 3.40. The van der Waals surface area contributed by atoms with Gasteiger partial charge in [-0.3, -0.25) is 9.48 Å². The fourth-order valence-electron chi connectivity index (χ4n) is 1.41. The molecule has 5 heteroatoms. The molecule has 1 aromatic carbocycles. The van der Waals surface area contributed by atoms with Crippen LogP contribution in [-0.2, 0) is 13.7 Å². The molecule has 0 N–H and O–H groups in total. The third-order valence-electron chi connectivity index (χ3n) is 2.17. The summed E-state index contributed by atoms with van der Waals surface area (Å²) in [6, 6.07) is 9.75. The van der Waals surface area contributed by atoms with Crippen molar-refractivity contribution >= 4 is 16.2 Å². The van der Waals surface area contributed by atoms with Crippen LogP contribution in [0.25, 0.3) is 0 Å². The van der Waals surface area contributed by atoms with Gasteiger partial charge in [0.05, 0.1) is 5.56 Å². The van der Waals surface area contributed by atoms with Gasteiger partial charge in [0.15, 0.2) is 6.29 Å². The second kappa shape index (κ2) is 6.16. The van der Waals surface area contributed by atoms with E-state index in [2.05, 4.69) is 5.10 Å². The Morgan fingerprint density at radius 3 is 2.71 bits per heavy atom. The van der Waals surface area contributed by atoms with E-state index in [4.69, 9.17) is 4.74 Å². The monoisotopic (exact) mass is 250 g/mol. The highest BCUT2D eigenvalue weighted by atomic mass is 31.0. The van der Waals surface area contributed by atoms with Crippen LogP contribution in [0.15, 0.2) is 36.5 Å². The molecule has 4 nitrogen and oxygen atoms in total. The summed E-state index contributed by atoms with van der Waals surface area (Å²) < 4.78 is 7.03. The Morgan fingerprint density at radius 1 is 1.35 bits per heavy atom. The van der Waals surface area contributed by atoms with Crippen molar-refractivity contribution in [1.29, 1.82) is 0 Å². The molecular weight excluding hydrogens is 235 g/mol. The van der Waals surface area contributed by atoms with E-state index >= 15 is 0 Å². The van der Waals surface area contributed by atoms with E-state index in [0.717, 1.165) is 11.8 Å². The van der Waals surface area contributed by atoms with E-state index in [1.165, 1.54) is 0 Å². The first kappa shape index (κ1) is 13.4. The molecule has 90 valence electrons. The number of carbonyl (C=O) groups excluding carboxylic acids is 1. The Kier molecular flexibility index (Phi) is 4.85. The average Bonchev–Trinajstić information content (AvgIpc) is 2.68. The van der Waals surface area contributed by atoms with Crippen LogP contribution < -0.4 is 4.74 Å². The first-order valence-corrected chi connectivity index (χ1v) is 4.95. The van der Waals surface area contributed by atoms with E-state index in [1.807, 2.05) is 30.3 Å². The van der Waals surface area contributed by atoms with Gasteiger partial charge in [-0.25, -0.2) is 0 Å². The number of ether oxygens (including phenoxy) is 1. The Balaban J connectivity index is 0.00000144. The summed E-state index contributed by atoms with van der Waals surface area (Å²) in [5.41, 5.74) is 1.52. The van der Waals surface area contributed by atoms with Gasteiger partial charge in [0.1, 0.15) is 6.61 Å². The van der Waals surface area contributed by atoms with Gasteiger partial charge in [0.2, 0.25) is 5.88 Å². The third-order valence-corrected chi connectivity index (χ3v) is 2.17. The van der Waals surface area contributed by atoms with Crippen LogP contribution in [0.1, 0.15) is 15.9 Å². The van der Waals surface area contributed by atoms with Crippen molar-refractivity contribution in [1.82, 2.24) is 9.78 Å². The zero-order valence-corrected chi connectivity index (χ0v) is 11.1. The predicted octanol–water partition coefficient (Wildman–Crippen LogP) is 1.87. The van der Waals surface area contributed by atoms with Gasteiger partial charge >= 0.3 is 0 Å². The number of benzene rings is 1. The largest absolute Gasteiger partial charge is 0.471 e. The number of rotatable bonds is 4. The number of hydrogen-bond donors (Lipinski definition) is 0.